The Morgan fingerprint density at radius 3 is 2.72 bits per heavy atom. The van der Waals surface area contributed by atoms with Gasteiger partial charge in [0.1, 0.15) is 24.4 Å². The van der Waals surface area contributed by atoms with Gasteiger partial charge in [0.15, 0.2) is 6.29 Å². The van der Waals surface area contributed by atoms with Crippen molar-refractivity contribution in [3.63, 3.8) is 0 Å². The van der Waals surface area contributed by atoms with Crippen LogP contribution in [0.4, 0.5) is 0 Å². The van der Waals surface area contributed by atoms with Gasteiger partial charge in [-0.2, -0.15) is 0 Å². The maximum atomic E-state index is 11.3. The summed E-state index contributed by atoms with van der Waals surface area (Å²) in [6.07, 6.45) is -2.47. The molecule has 1 aliphatic heterocycles. The second kappa shape index (κ2) is 9.65. The molecule has 7 nitrogen and oxygen atoms in total. The zero-order valence-electron chi connectivity index (χ0n) is 14.2. The van der Waals surface area contributed by atoms with Crippen molar-refractivity contribution in [3.05, 3.63) is 48.6 Å². The second-order valence-electron chi connectivity index (χ2n) is 5.87. The third-order valence-corrected chi connectivity index (χ3v) is 3.86. The van der Waals surface area contributed by atoms with Crippen LogP contribution in [0, 0.1) is 0 Å². The molecule has 1 unspecified atom stereocenters. The predicted molar refractivity (Wildman–Crippen MR) is 90.5 cm³/mol. The first-order valence-electron chi connectivity index (χ1n) is 8.15. The van der Waals surface area contributed by atoms with Crippen LogP contribution in [0.15, 0.2) is 43.0 Å². The van der Waals surface area contributed by atoms with Gasteiger partial charge >= 0.3 is 0 Å². The molecule has 2 rings (SSSR count). The molecule has 0 aliphatic carbocycles. The zero-order valence-corrected chi connectivity index (χ0v) is 14.2. The maximum Gasteiger partial charge on any atom is 0.217 e. The average molecular weight is 351 g/mol. The predicted octanol–water partition coefficient (Wildman–Crippen LogP) is 0.357. The van der Waals surface area contributed by atoms with Gasteiger partial charge in [0, 0.05) is 6.92 Å². The van der Waals surface area contributed by atoms with Crippen LogP contribution in [0.25, 0.3) is 0 Å². The fourth-order valence-electron chi connectivity index (χ4n) is 2.71. The first-order valence-corrected chi connectivity index (χ1v) is 8.15. The summed E-state index contributed by atoms with van der Waals surface area (Å²) in [5, 5.41) is 23.3. The lowest BCUT2D eigenvalue weighted by atomic mass is 9.96. The molecule has 3 N–H and O–H groups in total. The van der Waals surface area contributed by atoms with Crippen molar-refractivity contribution in [2.45, 2.75) is 44.2 Å². The van der Waals surface area contributed by atoms with Crippen LogP contribution < -0.4 is 5.32 Å². The van der Waals surface area contributed by atoms with Crippen LogP contribution in [0.3, 0.4) is 0 Å². The van der Waals surface area contributed by atoms with E-state index in [-0.39, 0.29) is 19.1 Å². The molecule has 138 valence electrons. The highest BCUT2D eigenvalue weighted by Crippen LogP contribution is 2.23. The fraction of sp³-hybridized carbons (Fsp3) is 0.500. The van der Waals surface area contributed by atoms with Gasteiger partial charge in [-0.3, -0.25) is 4.79 Å². The molecule has 5 atom stereocenters. The second-order valence-corrected chi connectivity index (χ2v) is 5.87. The molecule has 1 fully saturated rings. The summed E-state index contributed by atoms with van der Waals surface area (Å²) < 4.78 is 16.6. The molecule has 1 saturated heterocycles. The van der Waals surface area contributed by atoms with Crippen molar-refractivity contribution in [2.75, 3.05) is 13.2 Å². The van der Waals surface area contributed by atoms with E-state index in [4.69, 9.17) is 14.2 Å². The Morgan fingerprint density at radius 1 is 1.36 bits per heavy atom. The Bertz CT molecular complexity index is 552. The van der Waals surface area contributed by atoms with E-state index < -0.39 is 30.6 Å². The van der Waals surface area contributed by atoms with Gasteiger partial charge in [0.05, 0.1) is 19.8 Å². The quantitative estimate of drug-likeness (QED) is 0.585. The van der Waals surface area contributed by atoms with Crippen LogP contribution in [0.5, 0.6) is 0 Å². The summed E-state index contributed by atoms with van der Waals surface area (Å²) >= 11 is 0. The number of carbonyl (C=O) groups excluding carboxylic acids is 1. The Balaban J connectivity index is 1.97. The van der Waals surface area contributed by atoms with Crippen LogP contribution in [-0.2, 0) is 25.6 Å². The number of ether oxygens (including phenoxy) is 3. The van der Waals surface area contributed by atoms with E-state index in [1.807, 2.05) is 30.3 Å². The molecule has 0 spiro atoms. The van der Waals surface area contributed by atoms with E-state index in [2.05, 4.69) is 11.9 Å². The van der Waals surface area contributed by atoms with Crippen LogP contribution in [-0.4, -0.2) is 60.0 Å². The third-order valence-electron chi connectivity index (χ3n) is 3.86. The van der Waals surface area contributed by atoms with E-state index in [0.29, 0.717) is 6.61 Å². The van der Waals surface area contributed by atoms with Crippen molar-refractivity contribution in [1.29, 1.82) is 0 Å². The summed E-state index contributed by atoms with van der Waals surface area (Å²) in [6, 6.07) is 8.71. The largest absolute Gasteiger partial charge is 0.388 e. The Morgan fingerprint density at radius 2 is 2.08 bits per heavy atom. The summed E-state index contributed by atoms with van der Waals surface area (Å²) in [5.74, 6) is -0.356. The van der Waals surface area contributed by atoms with Crippen molar-refractivity contribution in [2.24, 2.45) is 0 Å². The van der Waals surface area contributed by atoms with Gasteiger partial charge in [-0.25, -0.2) is 0 Å². The van der Waals surface area contributed by atoms with Gasteiger partial charge in [-0.1, -0.05) is 36.4 Å². The lowest BCUT2D eigenvalue weighted by Crippen LogP contribution is -2.64. The SMILES string of the molecule is C=CCO[C@@H]1[C@@H](NC(C)=O)[C@@H](O)OC(COCc2ccccc2)[C@H]1O. The smallest absolute Gasteiger partial charge is 0.217 e. The first kappa shape index (κ1) is 19.6. The molecular weight excluding hydrogens is 326 g/mol. The minimum absolute atomic E-state index is 0.0772. The molecule has 1 heterocycles. The first-order chi connectivity index (χ1) is 12.0. The number of aliphatic hydroxyl groups excluding tert-OH is 2. The summed E-state index contributed by atoms with van der Waals surface area (Å²) in [7, 11) is 0. The van der Waals surface area contributed by atoms with Gasteiger partial charge in [0.2, 0.25) is 5.91 Å². The lowest BCUT2D eigenvalue weighted by Gasteiger charge is -2.42. The van der Waals surface area contributed by atoms with E-state index in [1.54, 1.807) is 0 Å². The standard InChI is InChI=1S/C18H25NO6/c1-3-9-24-17-15(19-12(2)20)18(22)25-14(16(17)21)11-23-10-13-7-5-4-6-8-13/h3-8,14-18,21-22H,1,9-11H2,2H3,(H,19,20)/t14?,15-,16-,17-,18+/m1/s1. The minimum Gasteiger partial charge on any atom is -0.388 e. The van der Waals surface area contributed by atoms with Crippen LogP contribution >= 0.6 is 0 Å². The molecule has 25 heavy (non-hydrogen) atoms. The zero-order chi connectivity index (χ0) is 18.2. The van der Waals surface area contributed by atoms with Crippen molar-refractivity contribution in [1.82, 2.24) is 5.32 Å². The summed E-state index contributed by atoms with van der Waals surface area (Å²) in [4.78, 5) is 11.3. The highest BCUT2D eigenvalue weighted by Gasteiger charge is 2.45. The molecule has 0 bridgehead atoms. The van der Waals surface area contributed by atoms with Gasteiger partial charge in [0.25, 0.3) is 0 Å². The number of amides is 1. The molecule has 0 radical (unpaired) electrons. The van der Waals surface area contributed by atoms with E-state index in [1.165, 1.54) is 13.0 Å². The Hall–Kier alpha value is -1.77. The summed E-state index contributed by atoms with van der Waals surface area (Å²) in [5.41, 5.74) is 0.990. The number of carbonyl (C=O) groups is 1. The van der Waals surface area contributed by atoms with Gasteiger partial charge in [-0.05, 0) is 5.56 Å². The molecule has 1 aromatic rings. The monoisotopic (exact) mass is 351 g/mol. The number of nitrogens with one attached hydrogen (secondary N) is 1. The van der Waals surface area contributed by atoms with E-state index in [9.17, 15) is 15.0 Å². The fourth-order valence-corrected chi connectivity index (χ4v) is 2.71. The molecule has 1 aliphatic rings. The topological polar surface area (TPSA) is 97.3 Å². The number of benzene rings is 1. The van der Waals surface area contributed by atoms with Gasteiger partial charge in [-0.15, -0.1) is 6.58 Å². The van der Waals surface area contributed by atoms with E-state index in [0.717, 1.165) is 5.56 Å². The molecule has 1 aromatic carbocycles. The number of hydrogen-bond acceptors (Lipinski definition) is 6. The Labute approximate surface area is 147 Å². The average Bonchev–Trinajstić information content (AvgIpc) is 2.59. The molecule has 7 heteroatoms. The lowest BCUT2D eigenvalue weighted by molar-refractivity contribution is -0.263. The molecular formula is C18H25NO6. The highest BCUT2D eigenvalue weighted by molar-refractivity contribution is 5.73. The highest BCUT2D eigenvalue weighted by atomic mass is 16.6. The van der Waals surface area contributed by atoms with Crippen LogP contribution in [0.1, 0.15) is 12.5 Å². The molecule has 1 amide bonds. The van der Waals surface area contributed by atoms with Gasteiger partial charge < -0.3 is 29.7 Å². The number of rotatable bonds is 8. The Kier molecular flexibility index (Phi) is 7.54. The van der Waals surface area contributed by atoms with Crippen molar-refractivity contribution >= 4 is 5.91 Å². The number of aliphatic hydroxyl groups is 2. The van der Waals surface area contributed by atoms with E-state index >= 15 is 0 Å². The maximum absolute atomic E-state index is 11.3. The normalized spacial score (nSPS) is 29.2. The minimum atomic E-state index is -1.31. The third kappa shape index (κ3) is 5.62. The van der Waals surface area contributed by atoms with Crippen molar-refractivity contribution in [3.8, 4) is 0 Å². The number of hydrogen-bond donors (Lipinski definition) is 3. The summed E-state index contributed by atoms with van der Waals surface area (Å²) in [6.45, 7) is 5.49. The molecule has 0 saturated carbocycles. The van der Waals surface area contributed by atoms with Crippen LogP contribution in [0.2, 0.25) is 0 Å². The van der Waals surface area contributed by atoms with Crippen molar-refractivity contribution < 1.29 is 29.2 Å². The molecule has 0 aromatic heterocycles.